The molecule has 0 fully saturated rings. The molecule has 2 heteroatoms. The van der Waals surface area contributed by atoms with Gasteiger partial charge in [0.15, 0.2) is 0 Å². The Labute approximate surface area is 303 Å². The summed E-state index contributed by atoms with van der Waals surface area (Å²) in [5.74, 6) is 0. The lowest BCUT2D eigenvalue weighted by molar-refractivity contribution is 0.658. The predicted molar refractivity (Wildman–Crippen MR) is 218 cm³/mol. The first-order valence-electron chi connectivity index (χ1n) is 18.0. The van der Waals surface area contributed by atoms with Gasteiger partial charge in [0.2, 0.25) is 0 Å². The Hall–Kier alpha value is -5.86. The minimum Gasteiger partial charge on any atom is -0.311 e. The van der Waals surface area contributed by atoms with Gasteiger partial charge in [0, 0.05) is 39.5 Å². The maximum atomic E-state index is 2.40. The highest BCUT2D eigenvalue weighted by Crippen LogP contribution is 2.52. The van der Waals surface area contributed by atoms with Gasteiger partial charge in [0.25, 0.3) is 0 Å². The van der Waals surface area contributed by atoms with Gasteiger partial charge < -0.3 is 9.80 Å². The fourth-order valence-electron chi connectivity index (χ4n) is 7.62. The molecule has 0 aliphatic heterocycles. The van der Waals surface area contributed by atoms with Crippen molar-refractivity contribution >= 4 is 39.7 Å². The van der Waals surface area contributed by atoms with Crippen molar-refractivity contribution in [1.82, 2.24) is 0 Å². The highest BCUT2D eigenvalue weighted by molar-refractivity contribution is 5.93. The second-order valence-electron chi connectivity index (χ2n) is 14.5. The van der Waals surface area contributed by atoms with Crippen molar-refractivity contribution in [1.29, 1.82) is 0 Å². The minimum atomic E-state index is -0.0189. The SMILES string of the molecule is Cc1ccc(N(c2ccc(C)cc2)c2ccc(-c3ccc(N(c4ccc(C)cc4)c4ccc5c(c4)C4=CC=CCC=C4C5(C)C)cc3)cc2)cc1. The van der Waals surface area contributed by atoms with Crippen molar-refractivity contribution in [2.24, 2.45) is 0 Å². The van der Waals surface area contributed by atoms with E-state index in [4.69, 9.17) is 0 Å². The van der Waals surface area contributed by atoms with Crippen molar-refractivity contribution in [2.75, 3.05) is 9.80 Å². The summed E-state index contributed by atoms with van der Waals surface area (Å²) < 4.78 is 0. The van der Waals surface area contributed by atoms with Gasteiger partial charge >= 0.3 is 0 Å². The summed E-state index contributed by atoms with van der Waals surface area (Å²) in [6.07, 6.45) is 10.1. The van der Waals surface area contributed by atoms with Crippen LogP contribution in [0.2, 0.25) is 0 Å². The topological polar surface area (TPSA) is 6.48 Å². The highest BCUT2D eigenvalue weighted by atomic mass is 15.1. The molecule has 250 valence electrons. The normalized spacial score (nSPS) is 14.2. The first kappa shape index (κ1) is 32.4. The first-order valence-corrected chi connectivity index (χ1v) is 18.0. The van der Waals surface area contributed by atoms with Crippen LogP contribution in [0.4, 0.5) is 34.1 Å². The molecule has 0 bridgehead atoms. The summed E-state index contributed by atoms with van der Waals surface area (Å²) in [6.45, 7) is 11.1. The zero-order chi connectivity index (χ0) is 35.1. The van der Waals surface area contributed by atoms with Crippen LogP contribution >= 0.6 is 0 Å². The molecular weight excluding hydrogens is 617 g/mol. The summed E-state index contributed by atoms with van der Waals surface area (Å²) >= 11 is 0. The van der Waals surface area contributed by atoms with E-state index in [0.29, 0.717) is 0 Å². The van der Waals surface area contributed by atoms with Crippen LogP contribution in [0, 0.1) is 20.8 Å². The van der Waals surface area contributed by atoms with E-state index >= 15 is 0 Å². The van der Waals surface area contributed by atoms with Crippen molar-refractivity contribution in [2.45, 2.75) is 46.5 Å². The number of anilines is 6. The number of allylic oxidation sites excluding steroid dienone is 6. The smallest absolute Gasteiger partial charge is 0.0468 e. The number of hydrogen-bond donors (Lipinski definition) is 0. The van der Waals surface area contributed by atoms with Gasteiger partial charge in [-0.3, -0.25) is 0 Å². The van der Waals surface area contributed by atoms with E-state index < -0.39 is 0 Å². The Balaban J connectivity index is 1.14. The molecule has 51 heavy (non-hydrogen) atoms. The summed E-state index contributed by atoms with van der Waals surface area (Å²) in [7, 11) is 0. The molecule has 6 aromatic rings. The molecule has 0 aromatic heterocycles. The molecule has 6 aromatic carbocycles. The summed E-state index contributed by atoms with van der Waals surface area (Å²) in [5.41, 5.74) is 18.5. The molecule has 0 saturated heterocycles. The van der Waals surface area contributed by atoms with Crippen LogP contribution in [0.15, 0.2) is 169 Å². The van der Waals surface area contributed by atoms with Crippen LogP contribution in [0.3, 0.4) is 0 Å². The van der Waals surface area contributed by atoms with Crippen LogP contribution in [-0.4, -0.2) is 0 Å². The van der Waals surface area contributed by atoms with Crippen molar-refractivity contribution in [3.63, 3.8) is 0 Å². The average Bonchev–Trinajstić information content (AvgIpc) is 3.29. The molecule has 0 spiro atoms. The van der Waals surface area contributed by atoms with Gasteiger partial charge in [-0.1, -0.05) is 122 Å². The van der Waals surface area contributed by atoms with E-state index in [1.807, 2.05) is 0 Å². The molecule has 0 unspecified atom stereocenters. The molecule has 0 atom stereocenters. The Morgan fingerprint density at radius 2 is 0.863 bits per heavy atom. The predicted octanol–water partition coefficient (Wildman–Crippen LogP) is 13.8. The van der Waals surface area contributed by atoms with Crippen LogP contribution < -0.4 is 9.80 Å². The lowest BCUT2D eigenvalue weighted by Crippen LogP contribution is -2.15. The fraction of sp³-hybridized carbons (Fsp3) is 0.143. The highest BCUT2D eigenvalue weighted by Gasteiger charge is 2.38. The molecule has 0 saturated carbocycles. The average molecular weight is 661 g/mol. The van der Waals surface area contributed by atoms with Crippen molar-refractivity contribution < 1.29 is 0 Å². The van der Waals surface area contributed by atoms with Gasteiger partial charge in [-0.15, -0.1) is 0 Å². The molecule has 8 rings (SSSR count). The third-order valence-electron chi connectivity index (χ3n) is 10.5. The Morgan fingerprint density at radius 1 is 0.471 bits per heavy atom. The van der Waals surface area contributed by atoms with Gasteiger partial charge in [0.1, 0.15) is 0 Å². The van der Waals surface area contributed by atoms with E-state index in [2.05, 4.69) is 208 Å². The Morgan fingerprint density at radius 3 is 1.31 bits per heavy atom. The van der Waals surface area contributed by atoms with Crippen LogP contribution in [-0.2, 0) is 5.41 Å². The Kier molecular flexibility index (Phi) is 8.32. The van der Waals surface area contributed by atoms with E-state index in [-0.39, 0.29) is 5.41 Å². The molecule has 2 aliphatic rings. The maximum absolute atomic E-state index is 2.40. The zero-order valence-electron chi connectivity index (χ0n) is 30.2. The van der Waals surface area contributed by atoms with Crippen molar-refractivity contribution in [3.8, 4) is 11.1 Å². The van der Waals surface area contributed by atoms with E-state index in [1.54, 1.807) is 0 Å². The monoisotopic (exact) mass is 660 g/mol. The molecule has 0 heterocycles. The first-order chi connectivity index (χ1) is 24.8. The molecular formula is C49H44N2. The molecule has 0 N–H and O–H groups in total. The molecule has 0 radical (unpaired) electrons. The van der Waals surface area contributed by atoms with Crippen molar-refractivity contribution in [3.05, 3.63) is 197 Å². The Bertz CT molecular complexity index is 2240. The maximum Gasteiger partial charge on any atom is 0.0468 e. The van der Waals surface area contributed by atoms with Crippen LogP contribution in [0.1, 0.15) is 48.1 Å². The molecule has 2 aliphatic carbocycles. The van der Waals surface area contributed by atoms with Crippen LogP contribution in [0.25, 0.3) is 16.7 Å². The van der Waals surface area contributed by atoms with E-state index in [1.165, 1.54) is 50.1 Å². The fourth-order valence-corrected chi connectivity index (χ4v) is 7.62. The summed E-state index contributed by atoms with van der Waals surface area (Å²) in [6, 6.07) is 51.3. The molecule has 2 nitrogen and oxygen atoms in total. The van der Waals surface area contributed by atoms with E-state index in [0.717, 1.165) is 40.5 Å². The zero-order valence-corrected chi connectivity index (χ0v) is 30.2. The third-order valence-corrected chi connectivity index (χ3v) is 10.5. The largest absolute Gasteiger partial charge is 0.311 e. The van der Waals surface area contributed by atoms with Gasteiger partial charge in [0.05, 0.1) is 0 Å². The van der Waals surface area contributed by atoms with E-state index in [9.17, 15) is 0 Å². The number of benzene rings is 6. The lowest BCUT2D eigenvalue weighted by Gasteiger charge is -2.27. The third kappa shape index (κ3) is 6.12. The quantitative estimate of drug-likeness (QED) is 0.168. The number of rotatable bonds is 7. The standard InChI is InChI=1S/C49H44N2/c1-34-11-21-39(22-12-34)50(40-23-13-35(2)14-24-40)42-27-17-37(18-28-42)38-19-29-43(30-20-38)51(41-25-15-36(3)16-26-41)44-31-32-48-46(33-44)45-9-7-6-8-10-47(45)49(48,4)5/h6-7,9-33H,8H2,1-5H3. The second-order valence-corrected chi connectivity index (χ2v) is 14.5. The lowest BCUT2D eigenvalue weighted by atomic mass is 9.82. The van der Waals surface area contributed by atoms with Crippen LogP contribution in [0.5, 0.6) is 0 Å². The van der Waals surface area contributed by atoms with Gasteiger partial charge in [-0.2, -0.15) is 0 Å². The number of hydrogen-bond acceptors (Lipinski definition) is 2. The number of nitrogens with zero attached hydrogens (tertiary/aromatic N) is 2. The van der Waals surface area contributed by atoms with Gasteiger partial charge in [-0.25, -0.2) is 0 Å². The minimum absolute atomic E-state index is 0.0189. The number of fused-ring (bicyclic) bond motifs is 3. The molecule has 0 amide bonds. The number of aryl methyl sites for hydroxylation is 3. The second kappa shape index (κ2) is 13.1. The summed E-state index contributed by atoms with van der Waals surface area (Å²) in [4.78, 5) is 4.71. The summed E-state index contributed by atoms with van der Waals surface area (Å²) in [5, 5.41) is 0. The van der Waals surface area contributed by atoms with Gasteiger partial charge in [-0.05, 0) is 133 Å².